The molecule has 0 aromatic carbocycles. The molecule has 0 saturated carbocycles. The Morgan fingerprint density at radius 1 is 1.17 bits per heavy atom. The van der Waals surface area contributed by atoms with Gasteiger partial charge in [-0.15, -0.1) is 0 Å². The summed E-state index contributed by atoms with van der Waals surface area (Å²) in [5.41, 5.74) is 3.02. The van der Waals surface area contributed by atoms with Gasteiger partial charge in [0.15, 0.2) is 0 Å². The number of esters is 1. The van der Waals surface area contributed by atoms with Crippen molar-refractivity contribution in [2.45, 2.75) is 84.0 Å². The fraction of sp³-hybridized carbons (Fsp3) is 0.650. The van der Waals surface area contributed by atoms with E-state index in [0.717, 1.165) is 36.0 Å². The van der Waals surface area contributed by atoms with Crippen LogP contribution in [0.15, 0.2) is 34.4 Å². The van der Waals surface area contributed by atoms with E-state index >= 15 is 0 Å². The Kier molecular flexibility index (Phi) is 6.05. The molecule has 2 aliphatic rings. The SMILES string of the molecule is CC1=C2CC/C(C)=C/CC[C@](C)(O)[C@@H](O)CC/C(C)=C/C2OC1=O. The first kappa shape index (κ1) is 18.9. The predicted octanol–water partition coefficient (Wildman–Crippen LogP) is 3.59. The van der Waals surface area contributed by atoms with Crippen molar-refractivity contribution >= 4 is 5.97 Å². The first-order valence-corrected chi connectivity index (χ1v) is 8.84. The van der Waals surface area contributed by atoms with E-state index in [9.17, 15) is 15.0 Å². The average Bonchev–Trinajstić information content (AvgIpc) is 2.76. The van der Waals surface area contributed by atoms with Gasteiger partial charge in [0.05, 0.1) is 11.7 Å². The molecule has 4 heteroatoms. The molecule has 0 spiro atoms. The summed E-state index contributed by atoms with van der Waals surface area (Å²) in [6.45, 7) is 7.59. The zero-order valence-corrected chi connectivity index (χ0v) is 15.3. The van der Waals surface area contributed by atoms with Crippen LogP contribution in [-0.2, 0) is 9.53 Å². The Balaban J connectivity index is 2.25. The summed E-state index contributed by atoms with van der Waals surface area (Å²) < 4.78 is 5.49. The molecule has 0 amide bonds. The number of aliphatic hydroxyl groups is 2. The molecular weight excluding hydrogens is 304 g/mol. The van der Waals surface area contributed by atoms with Crippen molar-refractivity contribution in [1.29, 1.82) is 0 Å². The van der Waals surface area contributed by atoms with Gasteiger partial charge < -0.3 is 14.9 Å². The Morgan fingerprint density at radius 3 is 2.58 bits per heavy atom. The van der Waals surface area contributed by atoms with Crippen LogP contribution in [0.4, 0.5) is 0 Å². The van der Waals surface area contributed by atoms with Crippen LogP contribution in [-0.4, -0.2) is 34.0 Å². The second-order valence-corrected chi connectivity index (χ2v) is 7.49. The maximum absolute atomic E-state index is 11.9. The molecule has 3 atom stereocenters. The van der Waals surface area contributed by atoms with Crippen LogP contribution in [0.5, 0.6) is 0 Å². The van der Waals surface area contributed by atoms with Crippen molar-refractivity contribution in [3.05, 3.63) is 34.4 Å². The van der Waals surface area contributed by atoms with E-state index in [1.54, 1.807) is 6.92 Å². The molecule has 0 fully saturated rings. The lowest BCUT2D eigenvalue weighted by Gasteiger charge is -2.29. The first-order valence-electron chi connectivity index (χ1n) is 8.84. The van der Waals surface area contributed by atoms with Crippen molar-refractivity contribution in [3.8, 4) is 0 Å². The number of hydrogen-bond donors (Lipinski definition) is 2. The number of rotatable bonds is 0. The average molecular weight is 334 g/mol. The fourth-order valence-electron chi connectivity index (χ4n) is 3.31. The molecule has 1 unspecified atom stereocenters. The number of carbonyl (C=O) groups excluding carboxylic acids is 1. The van der Waals surface area contributed by atoms with Gasteiger partial charge in [0, 0.05) is 5.57 Å². The van der Waals surface area contributed by atoms with Crippen LogP contribution in [0.3, 0.4) is 0 Å². The Bertz CT molecular complexity index is 580. The molecule has 1 aliphatic carbocycles. The summed E-state index contributed by atoms with van der Waals surface area (Å²) in [6, 6.07) is 0. The number of ether oxygens (including phenoxy) is 1. The molecule has 2 N–H and O–H groups in total. The molecule has 1 heterocycles. The molecule has 4 nitrogen and oxygen atoms in total. The van der Waals surface area contributed by atoms with E-state index < -0.39 is 11.7 Å². The minimum atomic E-state index is -1.08. The minimum absolute atomic E-state index is 0.229. The van der Waals surface area contributed by atoms with Crippen LogP contribution in [0.25, 0.3) is 0 Å². The van der Waals surface area contributed by atoms with Crippen molar-refractivity contribution in [2.75, 3.05) is 0 Å². The van der Waals surface area contributed by atoms with Gasteiger partial charge in [0.2, 0.25) is 0 Å². The lowest BCUT2D eigenvalue weighted by atomic mass is 9.88. The lowest BCUT2D eigenvalue weighted by molar-refractivity contribution is -0.138. The number of hydrogen-bond acceptors (Lipinski definition) is 4. The monoisotopic (exact) mass is 334 g/mol. The molecule has 0 radical (unpaired) electrons. The van der Waals surface area contributed by atoms with Crippen molar-refractivity contribution in [1.82, 2.24) is 0 Å². The van der Waals surface area contributed by atoms with Crippen molar-refractivity contribution in [2.24, 2.45) is 0 Å². The zero-order chi connectivity index (χ0) is 17.9. The van der Waals surface area contributed by atoms with E-state index in [-0.39, 0.29) is 12.1 Å². The molecule has 24 heavy (non-hydrogen) atoms. The van der Waals surface area contributed by atoms with Gasteiger partial charge in [-0.05, 0) is 77.9 Å². The number of fused-ring (bicyclic) bond motifs is 1. The maximum atomic E-state index is 11.9. The zero-order valence-electron chi connectivity index (χ0n) is 15.3. The number of aliphatic hydroxyl groups excluding tert-OH is 1. The summed E-state index contributed by atoms with van der Waals surface area (Å²) >= 11 is 0. The maximum Gasteiger partial charge on any atom is 0.334 e. The molecule has 0 saturated heterocycles. The van der Waals surface area contributed by atoms with Gasteiger partial charge in [-0.2, -0.15) is 0 Å². The Hall–Kier alpha value is -1.39. The topological polar surface area (TPSA) is 66.8 Å². The molecule has 0 aromatic heterocycles. The molecule has 2 rings (SSSR count). The highest BCUT2D eigenvalue weighted by Crippen LogP contribution is 2.31. The third kappa shape index (κ3) is 4.58. The van der Waals surface area contributed by atoms with Crippen LogP contribution in [0, 0.1) is 0 Å². The van der Waals surface area contributed by atoms with Crippen molar-refractivity contribution < 1.29 is 19.7 Å². The van der Waals surface area contributed by atoms with Gasteiger partial charge in [0.1, 0.15) is 6.10 Å². The second-order valence-electron chi connectivity index (χ2n) is 7.49. The standard InChI is InChI=1S/C20H30O4/c1-13-6-5-11-20(4,23)18(21)10-8-14(2)12-17-16(9-7-13)15(3)19(22)24-17/h6,12,17-18,21,23H,5,7-11H2,1-4H3/b13-6+,14-12+/t17?,18-,20-/m0/s1. The number of allylic oxidation sites excluding steroid dienone is 3. The summed E-state index contributed by atoms with van der Waals surface area (Å²) in [6.07, 6.45) is 7.19. The number of carbonyl (C=O) groups is 1. The third-order valence-corrected chi connectivity index (χ3v) is 5.26. The van der Waals surface area contributed by atoms with Gasteiger partial charge >= 0.3 is 5.97 Å². The van der Waals surface area contributed by atoms with Gasteiger partial charge in [0.25, 0.3) is 0 Å². The molecule has 0 bridgehead atoms. The van der Waals surface area contributed by atoms with Crippen LogP contribution in [0.2, 0.25) is 0 Å². The smallest absolute Gasteiger partial charge is 0.334 e. The van der Waals surface area contributed by atoms with E-state index in [1.807, 2.05) is 19.9 Å². The van der Waals surface area contributed by atoms with E-state index in [4.69, 9.17) is 4.74 Å². The molecule has 0 aromatic rings. The largest absolute Gasteiger partial charge is 0.450 e. The molecule has 1 aliphatic heterocycles. The highest BCUT2D eigenvalue weighted by Gasteiger charge is 2.31. The summed E-state index contributed by atoms with van der Waals surface area (Å²) in [4.78, 5) is 11.9. The summed E-state index contributed by atoms with van der Waals surface area (Å²) in [7, 11) is 0. The summed E-state index contributed by atoms with van der Waals surface area (Å²) in [5.74, 6) is -0.229. The first-order chi connectivity index (χ1) is 11.2. The Labute approximate surface area is 144 Å². The van der Waals surface area contributed by atoms with E-state index in [1.165, 1.54) is 5.57 Å². The summed E-state index contributed by atoms with van der Waals surface area (Å²) in [5, 5.41) is 20.8. The van der Waals surface area contributed by atoms with Crippen LogP contribution >= 0.6 is 0 Å². The highest BCUT2D eigenvalue weighted by molar-refractivity contribution is 5.92. The normalized spacial score (nSPS) is 37.7. The Morgan fingerprint density at radius 2 is 1.88 bits per heavy atom. The van der Waals surface area contributed by atoms with Gasteiger partial charge in [-0.3, -0.25) is 0 Å². The van der Waals surface area contributed by atoms with Crippen LogP contribution in [0.1, 0.15) is 66.2 Å². The van der Waals surface area contributed by atoms with E-state index in [0.29, 0.717) is 19.3 Å². The van der Waals surface area contributed by atoms with E-state index in [2.05, 4.69) is 13.0 Å². The van der Waals surface area contributed by atoms with Crippen molar-refractivity contribution in [3.63, 3.8) is 0 Å². The quantitative estimate of drug-likeness (QED) is 0.525. The second kappa shape index (κ2) is 7.66. The highest BCUT2D eigenvalue weighted by atomic mass is 16.5. The van der Waals surface area contributed by atoms with Gasteiger partial charge in [-0.1, -0.05) is 17.2 Å². The van der Waals surface area contributed by atoms with Gasteiger partial charge in [-0.25, -0.2) is 4.79 Å². The van der Waals surface area contributed by atoms with Crippen LogP contribution < -0.4 is 0 Å². The lowest BCUT2D eigenvalue weighted by Crippen LogP contribution is -2.39. The minimum Gasteiger partial charge on any atom is -0.450 e. The predicted molar refractivity (Wildman–Crippen MR) is 94.4 cm³/mol. The molecular formula is C20H30O4. The fourth-order valence-corrected chi connectivity index (χ4v) is 3.31. The molecule has 134 valence electrons. The third-order valence-electron chi connectivity index (χ3n) is 5.26.